The minimum Gasteiger partial charge on any atom is -0.494 e. The molecule has 2 aliphatic rings. The van der Waals surface area contributed by atoms with Crippen LogP contribution in [0.25, 0.3) is 20.8 Å². The Labute approximate surface area is 220 Å². The van der Waals surface area contributed by atoms with Crippen LogP contribution in [0, 0.1) is 6.92 Å². The predicted octanol–water partition coefficient (Wildman–Crippen LogP) is 6.83. The third-order valence-electron chi connectivity index (χ3n) is 6.93. The number of amides is 1. The molecule has 0 aliphatic carbocycles. The van der Waals surface area contributed by atoms with Crippen LogP contribution in [0.2, 0.25) is 0 Å². The zero-order chi connectivity index (χ0) is 25.2. The molecule has 188 valence electrons. The molecule has 0 radical (unpaired) electrons. The Balaban J connectivity index is 0.985. The monoisotopic (exact) mass is 511 g/mol. The number of aliphatic imine (C=N–C) groups is 1. The van der Waals surface area contributed by atoms with Gasteiger partial charge in [-0.05, 0) is 80.6 Å². The molecule has 1 atom stereocenters. The Morgan fingerprint density at radius 3 is 2.68 bits per heavy atom. The summed E-state index contributed by atoms with van der Waals surface area (Å²) in [5.41, 5.74) is 4.48. The van der Waals surface area contributed by atoms with E-state index < -0.39 is 0 Å². The molecule has 6 nitrogen and oxygen atoms in total. The number of aryl methyl sites for hydroxylation is 1. The largest absolute Gasteiger partial charge is 0.494 e. The molecule has 3 aromatic carbocycles. The Kier molecular flexibility index (Phi) is 6.62. The molecule has 6 rings (SSSR count). The van der Waals surface area contributed by atoms with Gasteiger partial charge in [0.05, 0.1) is 40.7 Å². The second-order valence-corrected chi connectivity index (χ2v) is 10.6. The van der Waals surface area contributed by atoms with Crippen LogP contribution >= 0.6 is 11.3 Å². The summed E-state index contributed by atoms with van der Waals surface area (Å²) in [4.78, 5) is 24.2. The number of nitrogens with zero attached hydrogens (tertiary/aromatic N) is 3. The maximum Gasteiger partial charge on any atom is 0.256 e. The normalized spacial score (nSPS) is 16.5. The van der Waals surface area contributed by atoms with Gasteiger partial charge in [0, 0.05) is 24.4 Å². The zero-order valence-electron chi connectivity index (χ0n) is 20.9. The van der Waals surface area contributed by atoms with Crippen LogP contribution in [0.15, 0.2) is 65.7 Å². The fourth-order valence-electron chi connectivity index (χ4n) is 4.90. The number of carbonyl (C=O) groups is 1. The van der Waals surface area contributed by atoms with Gasteiger partial charge in [-0.25, -0.2) is 4.98 Å². The van der Waals surface area contributed by atoms with Gasteiger partial charge in [0.15, 0.2) is 0 Å². The number of benzene rings is 3. The van der Waals surface area contributed by atoms with Crippen molar-refractivity contribution in [2.45, 2.75) is 38.6 Å². The van der Waals surface area contributed by atoms with Gasteiger partial charge >= 0.3 is 0 Å². The lowest BCUT2D eigenvalue weighted by atomic mass is 10.1. The second-order valence-electron chi connectivity index (χ2n) is 9.54. The van der Waals surface area contributed by atoms with Gasteiger partial charge in [0.1, 0.15) is 16.5 Å². The van der Waals surface area contributed by atoms with Crippen molar-refractivity contribution in [2.24, 2.45) is 4.99 Å². The molecule has 0 saturated carbocycles. The Bertz CT molecular complexity index is 1430. The van der Waals surface area contributed by atoms with Crippen LogP contribution in [-0.4, -0.2) is 47.8 Å². The average Bonchev–Trinajstić information content (AvgIpc) is 3.55. The van der Waals surface area contributed by atoms with Gasteiger partial charge < -0.3 is 14.4 Å². The van der Waals surface area contributed by atoms with E-state index in [2.05, 4.69) is 23.2 Å². The predicted molar refractivity (Wildman–Crippen MR) is 149 cm³/mol. The van der Waals surface area contributed by atoms with Crippen molar-refractivity contribution >= 4 is 39.4 Å². The van der Waals surface area contributed by atoms with Crippen LogP contribution in [0.5, 0.6) is 11.5 Å². The summed E-state index contributed by atoms with van der Waals surface area (Å²) >= 11 is 1.70. The first-order chi connectivity index (χ1) is 18.2. The van der Waals surface area contributed by atoms with Gasteiger partial charge in [-0.1, -0.05) is 12.1 Å². The highest BCUT2D eigenvalue weighted by Crippen LogP contribution is 2.34. The average molecular weight is 512 g/mol. The van der Waals surface area contributed by atoms with E-state index >= 15 is 0 Å². The molecule has 0 spiro atoms. The first kappa shape index (κ1) is 23.7. The number of rotatable bonds is 8. The van der Waals surface area contributed by atoms with E-state index in [-0.39, 0.29) is 11.9 Å². The molecule has 3 heterocycles. The van der Waals surface area contributed by atoms with Crippen molar-refractivity contribution in [2.75, 3.05) is 19.8 Å². The Morgan fingerprint density at radius 1 is 1.03 bits per heavy atom. The number of aromatic nitrogens is 1. The molecule has 1 amide bonds. The van der Waals surface area contributed by atoms with Crippen molar-refractivity contribution in [3.8, 4) is 22.1 Å². The second kappa shape index (κ2) is 10.3. The fraction of sp³-hybridized carbons (Fsp3) is 0.300. The zero-order valence-corrected chi connectivity index (χ0v) is 21.7. The van der Waals surface area contributed by atoms with Crippen LogP contribution < -0.4 is 9.47 Å². The van der Waals surface area contributed by atoms with Crippen molar-refractivity contribution in [3.63, 3.8) is 0 Å². The van der Waals surface area contributed by atoms with Crippen molar-refractivity contribution < 1.29 is 14.3 Å². The van der Waals surface area contributed by atoms with Gasteiger partial charge in [-0.3, -0.25) is 9.79 Å². The van der Waals surface area contributed by atoms with E-state index in [1.54, 1.807) is 11.3 Å². The number of fused-ring (bicyclic) bond motifs is 3. The first-order valence-corrected chi connectivity index (χ1v) is 13.7. The number of ether oxygens (including phenoxy) is 2. The van der Waals surface area contributed by atoms with Crippen molar-refractivity contribution in [3.05, 3.63) is 71.8 Å². The van der Waals surface area contributed by atoms with E-state index in [0.29, 0.717) is 24.5 Å². The molecule has 7 heteroatoms. The smallest absolute Gasteiger partial charge is 0.256 e. The van der Waals surface area contributed by atoms with E-state index in [0.717, 1.165) is 65.4 Å². The quantitative estimate of drug-likeness (QED) is 0.243. The number of hydrogen-bond donors (Lipinski definition) is 0. The summed E-state index contributed by atoms with van der Waals surface area (Å²) < 4.78 is 13.2. The molecule has 0 unspecified atom stereocenters. The lowest BCUT2D eigenvalue weighted by molar-refractivity contribution is 0.0774. The molecular formula is C30H29N3O3S. The van der Waals surface area contributed by atoms with E-state index in [9.17, 15) is 4.79 Å². The highest BCUT2D eigenvalue weighted by molar-refractivity contribution is 7.21. The number of para-hydroxylation sites is 1. The lowest BCUT2D eigenvalue weighted by Crippen LogP contribution is -2.35. The molecule has 1 saturated heterocycles. The first-order valence-electron chi connectivity index (χ1n) is 12.9. The highest BCUT2D eigenvalue weighted by atomic mass is 32.1. The summed E-state index contributed by atoms with van der Waals surface area (Å²) in [5.74, 6) is 1.72. The number of thiazole rings is 1. The maximum absolute atomic E-state index is 12.9. The van der Waals surface area contributed by atoms with Crippen LogP contribution in [0.3, 0.4) is 0 Å². The number of carbonyl (C=O) groups excluding carboxylic acids is 1. The van der Waals surface area contributed by atoms with E-state index in [1.807, 2.05) is 60.5 Å². The minimum absolute atomic E-state index is 0.0786. The summed E-state index contributed by atoms with van der Waals surface area (Å²) in [6.45, 7) is 4.01. The van der Waals surface area contributed by atoms with Gasteiger partial charge in [0.25, 0.3) is 5.91 Å². The summed E-state index contributed by atoms with van der Waals surface area (Å²) in [6.07, 6.45) is 5.70. The Morgan fingerprint density at radius 2 is 1.84 bits per heavy atom. The van der Waals surface area contributed by atoms with Crippen molar-refractivity contribution in [1.82, 2.24) is 9.88 Å². The van der Waals surface area contributed by atoms with Crippen LogP contribution in [-0.2, 0) is 0 Å². The molecule has 1 fully saturated rings. The third-order valence-corrected chi connectivity index (χ3v) is 8.02. The SMILES string of the molecule is Cc1cc2c(cc1OCCCCOc1ccc(-c3nc4ccccc4s3)cc1)N=C[C@@H]1CCCN1C2=O. The summed E-state index contributed by atoms with van der Waals surface area (Å²) in [7, 11) is 0. The fourth-order valence-corrected chi connectivity index (χ4v) is 5.87. The lowest BCUT2D eigenvalue weighted by Gasteiger charge is -2.20. The van der Waals surface area contributed by atoms with Crippen molar-refractivity contribution in [1.29, 1.82) is 0 Å². The maximum atomic E-state index is 12.9. The number of hydrogen-bond acceptors (Lipinski definition) is 6. The van der Waals surface area contributed by atoms with E-state index in [1.165, 1.54) is 4.70 Å². The van der Waals surface area contributed by atoms with Crippen LogP contribution in [0.4, 0.5) is 5.69 Å². The third kappa shape index (κ3) is 4.96. The standard InChI is InChI=1S/C30H29N3O3S/c1-20-17-24-26(31-19-22-7-6-14-33(22)30(24)34)18-27(20)36-16-5-4-15-35-23-12-10-21(11-13-23)29-32-25-8-2-3-9-28(25)37-29/h2-3,8-13,17-19,22H,4-7,14-16H2,1H3/t22-/m0/s1. The molecule has 2 aliphatic heterocycles. The molecule has 4 aromatic rings. The van der Waals surface area contributed by atoms with E-state index in [4.69, 9.17) is 14.5 Å². The molecule has 1 aromatic heterocycles. The minimum atomic E-state index is 0.0786. The van der Waals surface area contributed by atoms with Gasteiger partial charge in [-0.15, -0.1) is 11.3 Å². The van der Waals surface area contributed by atoms with Gasteiger partial charge in [-0.2, -0.15) is 0 Å². The van der Waals surface area contributed by atoms with Crippen LogP contribution in [0.1, 0.15) is 41.6 Å². The highest BCUT2D eigenvalue weighted by Gasteiger charge is 2.32. The summed E-state index contributed by atoms with van der Waals surface area (Å²) in [5, 5.41) is 1.02. The Hall–Kier alpha value is -3.71. The molecule has 37 heavy (non-hydrogen) atoms. The molecule has 0 bridgehead atoms. The molecule has 0 N–H and O–H groups in total. The summed E-state index contributed by atoms with van der Waals surface area (Å²) in [6, 6.07) is 20.3. The van der Waals surface area contributed by atoms with Gasteiger partial charge in [0.2, 0.25) is 0 Å². The number of unbranched alkanes of at least 4 members (excludes halogenated alkanes) is 1. The molecular weight excluding hydrogens is 482 g/mol. The topological polar surface area (TPSA) is 64.0 Å².